The molecule has 0 heterocycles. The Morgan fingerprint density at radius 3 is 2.30 bits per heavy atom. The molecule has 1 aromatic carbocycles. The van der Waals surface area contributed by atoms with Gasteiger partial charge in [0.2, 0.25) is 0 Å². The Labute approximate surface area is 62.1 Å². The molecule has 1 aromatic rings. The van der Waals surface area contributed by atoms with Crippen molar-refractivity contribution in [1.82, 2.24) is 0 Å². The van der Waals surface area contributed by atoms with Gasteiger partial charge in [0.25, 0.3) is 0 Å². The van der Waals surface area contributed by atoms with Crippen LogP contribution in [-0.2, 0) is 0 Å². The molecule has 1 heteroatoms. The molecule has 1 nitrogen and oxygen atoms in total. The van der Waals surface area contributed by atoms with Gasteiger partial charge in [0.15, 0.2) is 0 Å². The smallest absolute Gasteiger partial charge is 0.0605 e. The van der Waals surface area contributed by atoms with Gasteiger partial charge >= 0.3 is 0 Å². The molecular formula is C9H12N-. The van der Waals surface area contributed by atoms with Gasteiger partial charge in [0.1, 0.15) is 0 Å². The van der Waals surface area contributed by atoms with Crippen molar-refractivity contribution >= 4 is 0 Å². The fourth-order valence-electron chi connectivity index (χ4n) is 0.881. The van der Waals surface area contributed by atoms with Gasteiger partial charge in [-0.3, -0.25) is 0 Å². The van der Waals surface area contributed by atoms with Crippen molar-refractivity contribution in [3.63, 3.8) is 0 Å². The second-order valence-corrected chi connectivity index (χ2v) is 2.34. The molecule has 10 heavy (non-hydrogen) atoms. The summed E-state index contributed by atoms with van der Waals surface area (Å²) in [5.41, 5.74) is 1.28. The third-order valence-electron chi connectivity index (χ3n) is 1.67. The van der Waals surface area contributed by atoms with E-state index in [0.29, 0.717) is 6.04 Å². The van der Waals surface area contributed by atoms with Crippen LogP contribution in [0.3, 0.4) is 0 Å². The molecule has 0 fully saturated rings. The minimum absolute atomic E-state index is 0.334. The van der Waals surface area contributed by atoms with E-state index in [9.17, 15) is 0 Å². The molecule has 0 aliphatic carbocycles. The van der Waals surface area contributed by atoms with Gasteiger partial charge in [-0.05, 0) is 0 Å². The van der Waals surface area contributed by atoms with Crippen LogP contribution in [0.2, 0.25) is 0 Å². The van der Waals surface area contributed by atoms with E-state index in [4.69, 9.17) is 0 Å². The van der Waals surface area contributed by atoms with Crippen molar-refractivity contribution in [1.29, 1.82) is 0 Å². The average molecular weight is 134 g/mol. The first-order chi connectivity index (χ1) is 4.84. The van der Waals surface area contributed by atoms with E-state index in [1.54, 1.807) is 0 Å². The summed E-state index contributed by atoms with van der Waals surface area (Å²) in [5, 5.41) is 4.16. The quantitative estimate of drug-likeness (QED) is 0.590. The van der Waals surface area contributed by atoms with Crippen LogP contribution in [0.25, 0.3) is 5.32 Å². The minimum atomic E-state index is 0.334. The maximum atomic E-state index is 4.16. The van der Waals surface area contributed by atoms with Crippen molar-refractivity contribution in [2.45, 2.75) is 13.0 Å². The molecule has 54 valence electrons. The van der Waals surface area contributed by atoms with E-state index in [1.165, 1.54) is 5.56 Å². The Morgan fingerprint density at radius 1 is 1.20 bits per heavy atom. The van der Waals surface area contributed by atoms with Gasteiger partial charge in [-0.15, -0.1) is 6.04 Å². The lowest BCUT2D eigenvalue weighted by atomic mass is 10.1. The van der Waals surface area contributed by atoms with Crippen molar-refractivity contribution in [2.24, 2.45) is 0 Å². The fraction of sp³-hybridized carbons (Fsp3) is 0.333. The highest BCUT2D eigenvalue weighted by Gasteiger charge is 1.89. The largest absolute Gasteiger partial charge is 0.659 e. The van der Waals surface area contributed by atoms with E-state index in [2.05, 4.69) is 24.4 Å². The lowest BCUT2D eigenvalue weighted by Gasteiger charge is -2.22. The van der Waals surface area contributed by atoms with Crippen molar-refractivity contribution < 1.29 is 0 Å². The molecule has 0 aromatic heterocycles. The van der Waals surface area contributed by atoms with E-state index < -0.39 is 0 Å². The normalized spacial score (nSPS) is 13.0. The second kappa shape index (κ2) is 3.37. The summed E-state index contributed by atoms with van der Waals surface area (Å²) in [5.74, 6) is 0. The molecule has 0 radical (unpaired) electrons. The lowest BCUT2D eigenvalue weighted by molar-refractivity contribution is 0.916. The molecule has 0 N–H and O–H groups in total. The highest BCUT2D eigenvalue weighted by atomic mass is 14.8. The summed E-state index contributed by atoms with van der Waals surface area (Å²) in [4.78, 5) is 0. The van der Waals surface area contributed by atoms with Crippen molar-refractivity contribution in [2.75, 3.05) is 7.05 Å². The van der Waals surface area contributed by atoms with Crippen LogP contribution in [-0.4, -0.2) is 7.05 Å². The van der Waals surface area contributed by atoms with E-state index in [-0.39, 0.29) is 0 Å². The molecule has 0 saturated heterocycles. The molecule has 0 unspecified atom stereocenters. The topological polar surface area (TPSA) is 14.1 Å². The predicted molar refractivity (Wildman–Crippen MR) is 44.1 cm³/mol. The molecular weight excluding hydrogens is 122 g/mol. The molecule has 0 aliphatic heterocycles. The van der Waals surface area contributed by atoms with E-state index in [0.717, 1.165) is 0 Å². The summed E-state index contributed by atoms with van der Waals surface area (Å²) < 4.78 is 0. The zero-order valence-corrected chi connectivity index (χ0v) is 6.41. The minimum Gasteiger partial charge on any atom is -0.659 e. The second-order valence-electron chi connectivity index (χ2n) is 2.34. The molecule has 0 saturated carbocycles. The summed E-state index contributed by atoms with van der Waals surface area (Å²) in [6, 6.07) is 10.6. The Bertz CT molecular complexity index is 181. The summed E-state index contributed by atoms with van der Waals surface area (Å²) >= 11 is 0. The van der Waals surface area contributed by atoms with Crippen LogP contribution in [0.4, 0.5) is 0 Å². The van der Waals surface area contributed by atoms with Crippen LogP contribution in [0.1, 0.15) is 18.5 Å². The predicted octanol–water partition coefficient (Wildman–Crippen LogP) is 2.75. The third-order valence-corrected chi connectivity index (χ3v) is 1.67. The third kappa shape index (κ3) is 1.58. The molecule has 0 amide bonds. The zero-order chi connectivity index (χ0) is 7.40. The monoisotopic (exact) mass is 134 g/mol. The molecule has 1 atom stereocenters. The van der Waals surface area contributed by atoms with Crippen LogP contribution in [0, 0.1) is 0 Å². The van der Waals surface area contributed by atoms with Gasteiger partial charge < -0.3 is 5.32 Å². The highest BCUT2D eigenvalue weighted by Crippen LogP contribution is 2.17. The first kappa shape index (κ1) is 7.29. The number of benzene rings is 1. The maximum absolute atomic E-state index is 4.16. The van der Waals surface area contributed by atoms with Crippen molar-refractivity contribution in [3.05, 3.63) is 41.2 Å². The highest BCUT2D eigenvalue weighted by molar-refractivity contribution is 5.21. The van der Waals surface area contributed by atoms with Gasteiger partial charge in [0, 0.05) is 0 Å². The Kier molecular flexibility index (Phi) is 2.46. The average Bonchev–Trinajstić information content (AvgIpc) is 2.05. The summed E-state index contributed by atoms with van der Waals surface area (Å²) in [7, 11) is 1.84. The Hall–Kier alpha value is -0.820. The Morgan fingerprint density at radius 2 is 1.80 bits per heavy atom. The lowest BCUT2D eigenvalue weighted by Crippen LogP contribution is -1.88. The molecule has 1 rings (SSSR count). The van der Waals surface area contributed by atoms with Gasteiger partial charge in [-0.2, -0.15) is 7.05 Å². The van der Waals surface area contributed by atoms with Crippen molar-refractivity contribution in [3.8, 4) is 0 Å². The molecule has 0 bridgehead atoms. The SMILES string of the molecule is C[N-][C@@H](C)c1ccccc1. The van der Waals surface area contributed by atoms with Gasteiger partial charge in [-0.25, -0.2) is 0 Å². The summed E-state index contributed by atoms with van der Waals surface area (Å²) in [6.07, 6.45) is 0. The van der Waals surface area contributed by atoms with Gasteiger partial charge in [-0.1, -0.05) is 42.8 Å². The number of nitrogens with zero attached hydrogens (tertiary/aromatic N) is 1. The molecule has 0 aliphatic rings. The van der Waals surface area contributed by atoms with Crippen LogP contribution in [0.5, 0.6) is 0 Å². The fourth-order valence-corrected chi connectivity index (χ4v) is 0.881. The first-order valence-corrected chi connectivity index (χ1v) is 3.48. The van der Waals surface area contributed by atoms with E-state index >= 15 is 0 Å². The number of hydrogen-bond donors (Lipinski definition) is 0. The number of hydrogen-bond acceptors (Lipinski definition) is 0. The first-order valence-electron chi connectivity index (χ1n) is 3.48. The summed E-state index contributed by atoms with van der Waals surface area (Å²) in [6.45, 7) is 2.09. The standard InChI is InChI=1S/C9H12N/c1-8(10-2)9-6-4-3-5-7-9/h3-8H,1-2H3/q-1/t8-/m0/s1. The van der Waals surface area contributed by atoms with Crippen LogP contribution >= 0.6 is 0 Å². The zero-order valence-electron chi connectivity index (χ0n) is 6.41. The van der Waals surface area contributed by atoms with Crippen LogP contribution in [0.15, 0.2) is 30.3 Å². The Balaban J connectivity index is 2.75. The van der Waals surface area contributed by atoms with E-state index in [1.807, 2.05) is 25.2 Å². The number of rotatable bonds is 2. The maximum Gasteiger partial charge on any atom is -0.0605 e. The molecule has 0 spiro atoms. The van der Waals surface area contributed by atoms with Gasteiger partial charge in [0.05, 0.1) is 0 Å². The van der Waals surface area contributed by atoms with Crippen LogP contribution < -0.4 is 0 Å².